The second kappa shape index (κ2) is 6.34. The Balaban J connectivity index is 2.28. The molecular formula is C11H18N4OS. The zero-order valence-corrected chi connectivity index (χ0v) is 11.0. The van der Waals surface area contributed by atoms with Crippen molar-refractivity contribution in [1.29, 1.82) is 0 Å². The number of amides is 1. The molecule has 0 fully saturated rings. The van der Waals surface area contributed by atoms with Crippen LogP contribution in [0.1, 0.15) is 35.4 Å². The molecule has 1 rings (SSSR count). The van der Waals surface area contributed by atoms with Crippen molar-refractivity contribution in [3.63, 3.8) is 0 Å². The molecule has 0 spiro atoms. The van der Waals surface area contributed by atoms with Gasteiger partial charge in [-0.25, -0.2) is 0 Å². The predicted octanol–water partition coefficient (Wildman–Crippen LogP) is 0.915. The van der Waals surface area contributed by atoms with Crippen LogP contribution in [0.4, 0.5) is 0 Å². The summed E-state index contributed by atoms with van der Waals surface area (Å²) in [6, 6.07) is 1.77. The lowest BCUT2D eigenvalue weighted by atomic mass is 10.2. The highest BCUT2D eigenvalue weighted by atomic mass is 32.1. The largest absolute Gasteiger partial charge is 0.393 e. The Kier molecular flexibility index (Phi) is 5.09. The van der Waals surface area contributed by atoms with Gasteiger partial charge in [-0.1, -0.05) is 12.2 Å². The standard InChI is InChI=1S/C11H18N4OS/c1-8-7-9(14-15(8)2)11(16)13-6-4-3-5-10(12)17/h7H,3-6H2,1-2H3,(H2,12,17)(H,13,16). The molecule has 0 aromatic carbocycles. The first-order chi connectivity index (χ1) is 8.00. The topological polar surface area (TPSA) is 72.9 Å². The molecule has 0 aliphatic heterocycles. The first-order valence-corrected chi connectivity index (χ1v) is 5.98. The summed E-state index contributed by atoms with van der Waals surface area (Å²) in [6.07, 6.45) is 2.50. The number of hydrogen-bond acceptors (Lipinski definition) is 3. The van der Waals surface area contributed by atoms with Crippen molar-refractivity contribution in [1.82, 2.24) is 15.1 Å². The summed E-state index contributed by atoms with van der Waals surface area (Å²) in [5.74, 6) is -0.135. The summed E-state index contributed by atoms with van der Waals surface area (Å²) in [5, 5.41) is 6.92. The molecule has 1 aromatic heterocycles. The maximum atomic E-state index is 11.7. The van der Waals surface area contributed by atoms with Crippen LogP contribution < -0.4 is 11.1 Å². The fraction of sp³-hybridized carbons (Fsp3) is 0.545. The summed E-state index contributed by atoms with van der Waals surface area (Å²) < 4.78 is 1.68. The number of aromatic nitrogens is 2. The van der Waals surface area contributed by atoms with Crippen molar-refractivity contribution in [3.05, 3.63) is 17.5 Å². The first-order valence-electron chi connectivity index (χ1n) is 5.58. The molecular weight excluding hydrogens is 236 g/mol. The first kappa shape index (κ1) is 13.6. The fourth-order valence-corrected chi connectivity index (χ4v) is 1.53. The van der Waals surface area contributed by atoms with E-state index in [0.717, 1.165) is 25.0 Å². The average molecular weight is 254 g/mol. The van der Waals surface area contributed by atoms with Crippen molar-refractivity contribution in [2.45, 2.75) is 26.2 Å². The Bertz CT molecular complexity index is 394. The third-order valence-electron chi connectivity index (χ3n) is 2.48. The van der Waals surface area contributed by atoms with Crippen LogP contribution >= 0.6 is 12.2 Å². The molecule has 1 heterocycles. The van der Waals surface area contributed by atoms with Gasteiger partial charge >= 0.3 is 0 Å². The van der Waals surface area contributed by atoms with Crippen LogP contribution in [0.15, 0.2) is 6.07 Å². The number of thiocarbonyl (C=S) groups is 1. The zero-order chi connectivity index (χ0) is 12.8. The average Bonchev–Trinajstić information content (AvgIpc) is 2.58. The van der Waals surface area contributed by atoms with E-state index >= 15 is 0 Å². The molecule has 94 valence electrons. The molecule has 0 saturated carbocycles. The smallest absolute Gasteiger partial charge is 0.271 e. The van der Waals surface area contributed by atoms with Gasteiger partial charge in [0.25, 0.3) is 5.91 Å². The molecule has 1 aromatic rings. The summed E-state index contributed by atoms with van der Waals surface area (Å²) in [6.45, 7) is 2.53. The number of nitrogens with two attached hydrogens (primary N) is 1. The van der Waals surface area contributed by atoms with Crippen LogP contribution in [0.25, 0.3) is 0 Å². The normalized spacial score (nSPS) is 10.2. The highest BCUT2D eigenvalue weighted by Crippen LogP contribution is 2.01. The lowest BCUT2D eigenvalue weighted by Gasteiger charge is -2.02. The number of rotatable bonds is 6. The minimum absolute atomic E-state index is 0.135. The van der Waals surface area contributed by atoms with Gasteiger partial charge in [0.05, 0.1) is 4.99 Å². The quantitative estimate of drug-likeness (QED) is 0.585. The van der Waals surface area contributed by atoms with Gasteiger partial charge in [-0.2, -0.15) is 5.10 Å². The Morgan fingerprint density at radius 3 is 2.82 bits per heavy atom. The Morgan fingerprint density at radius 1 is 1.59 bits per heavy atom. The molecule has 1 amide bonds. The van der Waals surface area contributed by atoms with E-state index in [0.29, 0.717) is 17.2 Å². The van der Waals surface area contributed by atoms with Crippen molar-refractivity contribution < 1.29 is 4.79 Å². The molecule has 0 aliphatic carbocycles. The lowest BCUT2D eigenvalue weighted by molar-refractivity contribution is 0.0947. The van der Waals surface area contributed by atoms with E-state index in [9.17, 15) is 4.79 Å². The van der Waals surface area contributed by atoms with Crippen LogP contribution in [-0.4, -0.2) is 27.2 Å². The number of nitrogens with one attached hydrogen (secondary N) is 1. The number of hydrogen-bond donors (Lipinski definition) is 2. The molecule has 0 radical (unpaired) electrons. The van der Waals surface area contributed by atoms with E-state index in [1.165, 1.54) is 0 Å². The highest BCUT2D eigenvalue weighted by molar-refractivity contribution is 7.80. The second-order valence-electron chi connectivity index (χ2n) is 3.97. The Morgan fingerprint density at radius 2 is 2.29 bits per heavy atom. The van der Waals surface area contributed by atoms with Gasteiger partial charge in [0.2, 0.25) is 0 Å². The Labute approximate surface area is 106 Å². The molecule has 0 saturated heterocycles. The summed E-state index contributed by atoms with van der Waals surface area (Å²) in [7, 11) is 1.81. The van der Waals surface area contributed by atoms with Crippen LogP contribution in [0.2, 0.25) is 0 Å². The minimum atomic E-state index is -0.135. The summed E-state index contributed by atoms with van der Waals surface area (Å²) in [5.41, 5.74) is 6.80. The second-order valence-corrected chi connectivity index (χ2v) is 4.50. The van der Waals surface area contributed by atoms with E-state index in [2.05, 4.69) is 10.4 Å². The monoisotopic (exact) mass is 254 g/mol. The molecule has 0 bridgehead atoms. The van der Waals surface area contributed by atoms with Gasteiger partial charge in [0.15, 0.2) is 0 Å². The molecule has 0 atom stereocenters. The number of aryl methyl sites for hydroxylation is 2. The molecule has 3 N–H and O–H groups in total. The minimum Gasteiger partial charge on any atom is -0.393 e. The van der Waals surface area contributed by atoms with Crippen LogP contribution in [-0.2, 0) is 7.05 Å². The third-order valence-corrected chi connectivity index (χ3v) is 2.69. The lowest BCUT2D eigenvalue weighted by Crippen LogP contribution is -2.25. The Hall–Kier alpha value is -1.43. The molecule has 17 heavy (non-hydrogen) atoms. The molecule has 0 aliphatic rings. The third kappa shape index (κ3) is 4.52. The van der Waals surface area contributed by atoms with Crippen molar-refractivity contribution in [2.24, 2.45) is 12.8 Å². The zero-order valence-electron chi connectivity index (χ0n) is 10.2. The summed E-state index contributed by atoms with van der Waals surface area (Å²) in [4.78, 5) is 12.2. The van der Waals surface area contributed by atoms with Crippen LogP contribution in [0.3, 0.4) is 0 Å². The van der Waals surface area contributed by atoms with Gasteiger partial charge in [0, 0.05) is 19.3 Å². The number of carbonyl (C=O) groups excluding carboxylic acids is 1. The maximum Gasteiger partial charge on any atom is 0.271 e. The summed E-state index contributed by atoms with van der Waals surface area (Å²) >= 11 is 4.77. The van der Waals surface area contributed by atoms with Crippen molar-refractivity contribution >= 4 is 23.1 Å². The van der Waals surface area contributed by atoms with E-state index in [-0.39, 0.29) is 5.91 Å². The van der Waals surface area contributed by atoms with E-state index in [1.54, 1.807) is 10.7 Å². The van der Waals surface area contributed by atoms with E-state index in [1.807, 2.05) is 14.0 Å². The molecule has 0 unspecified atom stereocenters. The molecule has 5 nitrogen and oxygen atoms in total. The predicted molar refractivity (Wildman–Crippen MR) is 70.9 cm³/mol. The van der Waals surface area contributed by atoms with Crippen LogP contribution in [0.5, 0.6) is 0 Å². The van der Waals surface area contributed by atoms with Crippen LogP contribution in [0, 0.1) is 6.92 Å². The van der Waals surface area contributed by atoms with E-state index in [4.69, 9.17) is 18.0 Å². The number of nitrogens with zero attached hydrogens (tertiary/aromatic N) is 2. The van der Waals surface area contributed by atoms with Gasteiger partial charge in [-0.3, -0.25) is 9.48 Å². The van der Waals surface area contributed by atoms with Gasteiger partial charge in [-0.05, 0) is 32.3 Å². The van der Waals surface area contributed by atoms with Gasteiger partial charge in [0.1, 0.15) is 5.69 Å². The van der Waals surface area contributed by atoms with Gasteiger partial charge in [-0.15, -0.1) is 0 Å². The SMILES string of the molecule is Cc1cc(C(=O)NCCCCC(N)=S)nn1C. The van der Waals surface area contributed by atoms with Crippen molar-refractivity contribution in [2.75, 3.05) is 6.54 Å². The van der Waals surface area contributed by atoms with Gasteiger partial charge < -0.3 is 11.1 Å². The highest BCUT2D eigenvalue weighted by Gasteiger charge is 2.09. The van der Waals surface area contributed by atoms with Crippen molar-refractivity contribution in [3.8, 4) is 0 Å². The fourth-order valence-electron chi connectivity index (χ4n) is 1.39. The van der Waals surface area contributed by atoms with E-state index < -0.39 is 0 Å². The maximum absolute atomic E-state index is 11.7. The molecule has 6 heteroatoms. The number of unbranched alkanes of at least 4 members (excludes halogenated alkanes) is 1. The number of carbonyl (C=O) groups is 1.